The van der Waals surface area contributed by atoms with Gasteiger partial charge in [-0.2, -0.15) is 0 Å². The first-order chi connectivity index (χ1) is 16.5. The van der Waals surface area contributed by atoms with E-state index >= 15 is 0 Å². The summed E-state index contributed by atoms with van der Waals surface area (Å²) in [6.07, 6.45) is 4.48. The molecule has 4 heterocycles. The average Bonchev–Trinajstić information content (AvgIpc) is 3.07. The second-order valence-electron chi connectivity index (χ2n) is 10.0. The van der Waals surface area contributed by atoms with E-state index < -0.39 is 11.7 Å². The number of anilines is 3. The molecule has 1 amide bonds. The number of nitrogens with zero attached hydrogens (tertiary/aromatic N) is 4. The molecule has 10 nitrogen and oxygen atoms in total. The van der Waals surface area contributed by atoms with Crippen molar-refractivity contribution in [2.45, 2.75) is 68.2 Å². The van der Waals surface area contributed by atoms with Gasteiger partial charge < -0.3 is 31.2 Å². The maximum Gasteiger partial charge on any atom is 0.407 e. The Balaban J connectivity index is 1.42. The molecule has 2 atom stereocenters. The number of carbonyl (C=O) groups is 1. The molecule has 35 heavy (non-hydrogen) atoms. The maximum atomic E-state index is 12.5. The lowest BCUT2D eigenvalue weighted by molar-refractivity contribution is 0.0434. The Morgan fingerprint density at radius 2 is 2.00 bits per heavy atom. The van der Waals surface area contributed by atoms with Gasteiger partial charge in [0.2, 0.25) is 0 Å². The van der Waals surface area contributed by atoms with Crippen molar-refractivity contribution >= 4 is 46.9 Å². The Bertz CT molecular complexity index is 1090. The molecule has 0 unspecified atom stereocenters. The summed E-state index contributed by atoms with van der Waals surface area (Å²) in [5.74, 6) is 1.29. The van der Waals surface area contributed by atoms with Crippen molar-refractivity contribution in [2.75, 3.05) is 36.1 Å². The minimum absolute atomic E-state index is 0.0881. The van der Waals surface area contributed by atoms with Crippen LogP contribution in [0.25, 0.3) is 0 Å². The van der Waals surface area contributed by atoms with Crippen molar-refractivity contribution in [3.8, 4) is 0 Å². The van der Waals surface area contributed by atoms with Gasteiger partial charge in [-0.1, -0.05) is 23.4 Å². The number of ether oxygens (including phenoxy) is 2. The third-order valence-corrected chi connectivity index (χ3v) is 7.93. The third-order valence-electron chi connectivity index (χ3n) is 6.36. The molecule has 0 radical (unpaired) electrons. The third kappa shape index (κ3) is 5.68. The van der Waals surface area contributed by atoms with Crippen LogP contribution in [-0.2, 0) is 9.47 Å². The lowest BCUT2D eigenvalue weighted by Gasteiger charge is -2.43. The summed E-state index contributed by atoms with van der Waals surface area (Å²) in [5.41, 5.74) is 11.3. The summed E-state index contributed by atoms with van der Waals surface area (Å²) >= 11 is 7.54. The van der Waals surface area contributed by atoms with Gasteiger partial charge in [0, 0.05) is 29.6 Å². The second-order valence-corrected chi connectivity index (χ2v) is 11.4. The van der Waals surface area contributed by atoms with Gasteiger partial charge in [0.1, 0.15) is 22.3 Å². The number of nitrogen functional groups attached to an aromatic ring is 2. The zero-order valence-corrected chi connectivity index (χ0v) is 21.9. The molecule has 190 valence electrons. The molecule has 0 bridgehead atoms. The molecular weight excluding hydrogens is 490 g/mol. The zero-order valence-electron chi connectivity index (χ0n) is 20.4. The second kappa shape index (κ2) is 9.87. The summed E-state index contributed by atoms with van der Waals surface area (Å²) in [6.45, 7) is 9.65. The average molecular weight is 522 g/mol. The molecule has 2 saturated heterocycles. The van der Waals surface area contributed by atoms with Crippen molar-refractivity contribution in [3.05, 3.63) is 23.5 Å². The van der Waals surface area contributed by atoms with Gasteiger partial charge in [-0.15, -0.1) is 0 Å². The molecule has 2 aromatic heterocycles. The first kappa shape index (κ1) is 25.6. The van der Waals surface area contributed by atoms with Gasteiger partial charge in [-0.25, -0.2) is 19.7 Å². The van der Waals surface area contributed by atoms with Gasteiger partial charge >= 0.3 is 6.09 Å². The molecule has 0 aromatic carbocycles. The lowest BCUT2D eigenvalue weighted by atomic mass is 9.73. The first-order valence-corrected chi connectivity index (χ1v) is 12.7. The number of nitrogens with one attached hydrogen (secondary N) is 1. The molecule has 2 aliphatic heterocycles. The largest absolute Gasteiger partial charge is 0.444 e. The van der Waals surface area contributed by atoms with Crippen LogP contribution in [0, 0.1) is 5.41 Å². The standard InChI is InChI=1S/C23H32ClN7O3S/c1-13-17(30-21(32)34-22(2,3)4)23(12-33-13)6-9-31(10-7-23)15-11-28-20(19(26)29-15)35-14-5-8-27-18(25)16(14)24/h5,8,11,13,17H,6-7,9-10,12H2,1-4H3,(H2,25,27)(H2,26,29)(H,30,32)/t13-,17+/m0/s1. The number of aromatic nitrogens is 3. The SMILES string of the molecule is C[C@@H]1OCC2(CCN(c3cnc(Sc4ccnc(N)c4Cl)c(N)n3)CC2)[C@@H]1NC(=O)OC(C)(C)C. The van der Waals surface area contributed by atoms with E-state index in [0.717, 1.165) is 25.9 Å². The van der Waals surface area contributed by atoms with Crippen LogP contribution in [0.3, 0.4) is 0 Å². The van der Waals surface area contributed by atoms with Crippen LogP contribution in [0.5, 0.6) is 0 Å². The lowest BCUT2D eigenvalue weighted by Crippen LogP contribution is -2.55. The molecule has 12 heteroatoms. The van der Waals surface area contributed by atoms with Crippen LogP contribution in [0.2, 0.25) is 5.02 Å². The molecule has 0 saturated carbocycles. The minimum Gasteiger partial charge on any atom is -0.444 e. The van der Waals surface area contributed by atoms with Gasteiger partial charge in [0.05, 0.1) is 30.0 Å². The smallest absolute Gasteiger partial charge is 0.407 e. The molecular formula is C23H32ClN7O3S. The van der Waals surface area contributed by atoms with Crippen molar-refractivity contribution in [1.82, 2.24) is 20.3 Å². The Morgan fingerprint density at radius 3 is 2.66 bits per heavy atom. The van der Waals surface area contributed by atoms with Crippen LogP contribution in [0.1, 0.15) is 40.5 Å². The van der Waals surface area contributed by atoms with Crippen LogP contribution in [0.4, 0.5) is 22.2 Å². The summed E-state index contributed by atoms with van der Waals surface area (Å²) in [5, 5.41) is 3.99. The first-order valence-electron chi connectivity index (χ1n) is 11.5. The zero-order chi connectivity index (χ0) is 25.4. The normalized spacial score (nSPS) is 21.8. The highest BCUT2D eigenvalue weighted by molar-refractivity contribution is 7.99. The number of hydrogen-bond acceptors (Lipinski definition) is 10. The fraction of sp³-hybridized carbons (Fsp3) is 0.565. The van der Waals surface area contributed by atoms with Crippen LogP contribution >= 0.6 is 23.4 Å². The quantitative estimate of drug-likeness (QED) is 0.544. The predicted octanol–water partition coefficient (Wildman–Crippen LogP) is 3.74. The highest BCUT2D eigenvalue weighted by Gasteiger charge is 2.50. The molecule has 0 aliphatic carbocycles. The summed E-state index contributed by atoms with van der Waals surface area (Å²) in [4.78, 5) is 28.4. The van der Waals surface area contributed by atoms with Gasteiger partial charge in [0.15, 0.2) is 5.82 Å². The fourth-order valence-corrected chi connectivity index (χ4v) is 5.58. The molecule has 2 fully saturated rings. The number of halogens is 1. The van der Waals surface area contributed by atoms with Crippen LogP contribution < -0.4 is 21.7 Å². The number of hydrogen-bond donors (Lipinski definition) is 3. The van der Waals surface area contributed by atoms with E-state index in [1.807, 2.05) is 27.7 Å². The van der Waals surface area contributed by atoms with E-state index in [0.29, 0.717) is 33.2 Å². The highest BCUT2D eigenvalue weighted by atomic mass is 35.5. The van der Waals surface area contributed by atoms with Crippen molar-refractivity contribution in [1.29, 1.82) is 0 Å². The summed E-state index contributed by atoms with van der Waals surface area (Å²) in [7, 11) is 0. The van der Waals surface area contributed by atoms with Crippen molar-refractivity contribution in [3.63, 3.8) is 0 Å². The van der Waals surface area contributed by atoms with E-state index in [9.17, 15) is 4.79 Å². The predicted molar refractivity (Wildman–Crippen MR) is 137 cm³/mol. The van der Waals surface area contributed by atoms with Crippen molar-refractivity contribution in [2.24, 2.45) is 5.41 Å². The Hall–Kier alpha value is -2.50. The van der Waals surface area contributed by atoms with Gasteiger partial charge in [-0.3, -0.25) is 0 Å². The Morgan fingerprint density at radius 1 is 1.29 bits per heavy atom. The molecule has 1 spiro atoms. The van der Waals surface area contributed by atoms with Crippen LogP contribution in [0.15, 0.2) is 28.4 Å². The van der Waals surface area contributed by atoms with E-state index in [1.54, 1.807) is 18.5 Å². The molecule has 5 N–H and O–H groups in total. The molecule has 4 rings (SSSR count). The number of piperidine rings is 1. The highest BCUT2D eigenvalue weighted by Crippen LogP contribution is 2.43. The number of rotatable bonds is 4. The summed E-state index contributed by atoms with van der Waals surface area (Å²) < 4.78 is 11.5. The molecule has 2 aliphatic rings. The van der Waals surface area contributed by atoms with E-state index in [-0.39, 0.29) is 23.4 Å². The van der Waals surface area contributed by atoms with Crippen LogP contribution in [-0.4, -0.2) is 58.5 Å². The monoisotopic (exact) mass is 521 g/mol. The van der Waals surface area contributed by atoms with Gasteiger partial charge in [-0.05, 0) is 46.6 Å². The van der Waals surface area contributed by atoms with E-state index in [1.165, 1.54) is 11.8 Å². The van der Waals surface area contributed by atoms with E-state index in [2.05, 4.69) is 25.2 Å². The fourth-order valence-electron chi connectivity index (χ4n) is 4.56. The van der Waals surface area contributed by atoms with Crippen molar-refractivity contribution < 1.29 is 14.3 Å². The Labute approximate surface area is 214 Å². The number of carbonyl (C=O) groups excluding carboxylic acids is 1. The number of amides is 1. The number of nitrogens with two attached hydrogens (primary N) is 2. The maximum absolute atomic E-state index is 12.5. The number of alkyl carbamates (subject to hydrolysis) is 1. The number of pyridine rings is 1. The molecule has 2 aromatic rings. The van der Waals surface area contributed by atoms with Gasteiger partial charge in [0.25, 0.3) is 0 Å². The topological polar surface area (TPSA) is 142 Å². The summed E-state index contributed by atoms with van der Waals surface area (Å²) in [6, 6.07) is 1.64. The van der Waals surface area contributed by atoms with E-state index in [4.69, 9.17) is 32.5 Å². The minimum atomic E-state index is -0.554. The Kier molecular flexibility index (Phi) is 7.21.